The minimum Gasteiger partial charge on any atom is -0.379 e. The van der Waals surface area contributed by atoms with Crippen LogP contribution in [0.2, 0.25) is 0 Å². The minimum atomic E-state index is 0.0169. The summed E-state index contributed by atoms with van der Waals surface area (Å²) in [4.78, 5) is 0. The van der Waals surface area contributed by atoms with Crippen LogP contribution in [-0.4, -0.2) is 38.1 Å². The lowest BCUT2D eigenvalue weighted by Gasteiger charge is -2.20. The third-order valence-corrected chi connectivity index (χ3v) is 1.64. The van der Waals surface area contributed by atoms with Gasteiger partial charge in [-0.1, -0.05) is 0 Å². The van der Waals surface area contributed by atoms with Crippen molar-refractivity contribution in [2.24, 2.45) is 0 Å². The van der Waals surface area contributed by atoms with Crippen LogP contribution in [0.25, 0.3) is 0 Å². The lowest BCUT2D eigenvalue weighted by molar-refractivity contribution is -0.0753. The van der Waals surface area contributed by atoms with Crippen LogP contribution in [0.3, 0.4) is 0 Å². The molecule has 3 atom stereocenters. The van der Waals surface area contributed by atoms with E-state index < -0.39 is 0 Å². The molecule has 14 heavy (non-hydrogen) atoms. The van der Waals surface area contributed by atoms with Crippen LogP contribution in [0, 0.1) is 6.92 Å². The summed E-state index contributed by atoms with van der Waals surface area (Å²) in [6.07, 6.45) is 0.228. The van der Waals surface area contributed by atoms with E-state index in [0.717, 1.165) is 6.61 Å². The molecule has 0 saturated carbocycles. The van der Waals surface area contributed by atoms with Crippen molar-refractivity contribution >= 4 is 0 Å². The van der Waals surface area contributed by atoms with E-state index in [1.807, 2.05) is 27.7 Å². The number of rotatable bonds is 8. The molecule has 0 amide bonds. The van der Waals surface area contributed by atoms with Gasteiger partial charge in [0.15, 0.2) is 0 Å². The van der Waals surface area contributed by atoms with Gasteiger partial charge in [-0.2, -0.15) is 0 Å². The average Bonchev–Trinajstić information content (AvgIpc) is 2.11. The predicted molar refractivity (Wildman–Crippen MR) is 57.3 cm³/mol. The molecular weight excluding hydrogens is 180 g/mol. The summed E-state index contributed by atoms with van der Waals surface area (Å²) in [6, 6.07) is 0. The SMILES string of the molecule is [CH2]C(C)OCC(C)OC(C)COCC. The quantitative estimate of drug-likeness (QED) is 0.604. The van der Waals surface area contributed by atoms with E-state index in [9.17, 15) is 0 Å². The van der Waals surface area contributed by atoms with Gasteiger partial charge in [-0.15, -0.1) is 0 Å². The lowest BCUT2D eigenvalue weighted by atomic mass is 10.3. The van der Waals surface area contributed by atoms with E-state index in [1.165, 1.54) is 0 Å². The van der Waals surface area contributed by atoms with E-state index in [4.69, 9.17) is 14.2 Å². The maximum Gasteiger partial charge on any atom is 0.0785 e. The summed E-state index contributed by atoms with van der Waals surface area (Å²) in [5.74, 6) is 0. The van der Waals surface area contributed by atoms with E-state index in [2.05, 4.69) is 6.92 Å². The molecule has 1 radical (unpaired) electrons. The van der Waals surface area contributed by atoms with Crippen LogP contribution >= 0.6 is 0 Å². The fraction of sp³-hybridized carbons (Fsp3) is 0.909. The second-order valence-electron chi connectivity index (χ2n) is 3.56. The molecule has 0 aromatic carbocycles. The van der Waals surface area contributed by atoms with Crippen molar-refractivity contribution in [1.29, 1.82) is 0 Å². The first-order chi connectivity index (χ1) is 6.56. The van der Waals surface area contributed by atoms with Crippen molar-refractivity contribution in [2.45, 2.75) is 46.0 Å². The highest BCUT2D eigenvalue weighted by Crippen LogP contribution is 2.01. The normalized spacial score (nSPS) is 15.9. The van der Waals surface area contributed by atoms with Crippen molar-refractivity contribution < 1.29 is 14.2 Å². The molecule has 0 fully saturated rings. The molecule has 0 spiro atoms. The summed E-state index contributed by atoms with van der Waals surface area (Å²) >= 11 is 0. The molecule has 0 bridgehead atoms. The molecular formula is C11H23O3. The fourth-order valence-corrected chi connectivity index (χ4v) is 1.06. The molecule has 0 N–H and O–H groups in total. The molecule has 0 saturated heterocycles. The van der Waals surface area contributed by atoms with Gasteiger partial charge in [-0.3, -0.25) is 0 Å². The highest BCUT2D eigenvalue weighted by molar-refractivity contribution is 4.56. The van der Waals surface area contributed by atoms with Crippen molar-refractivity contribution in [2.75, 3.05) is 19.8 Å². The Labute approximate surface area is 87.7 Å². The van der Waals surface area contributed by atoms with Gasteiger partial charge in [0, 0.05) is 6.61 Å². The zero-order valence-corrected chi connectivity index (χ0v) is 9.79. The highest BCUT2D eigenvalue weighted by Gasteiger charge is 2.09. The van der Waals surface area contributed by atoms with Gasteiger partial charge in [0.1, 0.15) is 0 Å². The Hall–Kier alpha value is -0.120. The molecule has 0 aromatic rings. The Kier molecular flexibility index (Phi) is 8.14. The molecule has 0 aromatic heterocycles. The second kappa shape index (κ2) is 8.21. The zero-order valence-electron chi connectivity index (χ0n) is 9.79. The van der Waals surface area contributed by atoms with Crippen LogP contribution in [0.4, 0.5) is 0 Å². The van der Waals surface area contributed by atoms with Crippen LogP contribution in [0.5, 0.6) is 0 Å². The molecule has 3 nitrogen and oxygen atoms in total. The maximum absolute atomic E-state index is 5.62. The monoisotopic (exact) mass is 203 g/mol. The first kappa shape index (κ1) is 13.9. The Bertz CT molecular complexity index is 126. The molecule has 3 heteroatoms. The van der Waals surface area contributed by atoms with Crippen LogP contribution in [0.15, 0.2) is 0 Å². The van der Waals surface area contributed by atoms with E-state index in [-0.39, 0.29) is 18.3 Å². The molecule has 0 aliphatic carbocycles. The molecule has 0 aliphatic rings. The molecule has 0 aliphatic heterocycles. The van der Waals surface area contributed by atoms with Gasteiger partial charge in [0.2, 0.25) is 0 Å². The number of hydrogen-bond acceptors (Lipinski definition) is 3. The van der Waals surface area contributed by atoms with Crippen LogP contribution in [0.1, 0.15) is 27.7 Å². The van der Waals surface area contributed by atoms with Gasteiger partial charge < -0.3 is 14.2 Å². The summed E-state index contributed by atoms with van der Waals surface area (Å²) < 4.78 is 16.2. The third kappa shape index (κ3) is 8.48. The summed E-state index contributed by atoms with van der Waals surface area (Å²) in [5, 5.41) is 0. The molecule has 85 valence electrons. The van der Waals surface area contributed by atoms with Crippen molar-refractivity contribution in [3.8, 4) is 0 Å². The van der Waals surface area contributed by atoms with Gasteiger partial charge in [-0.05, 0) is 34.6 Å². The van der Waals surface area contributed by atoms with E-state index in [1.54, 1.807) is 0 Å². The van der Waals surface area contributed by atoms with E-state index in [0.29, 0.717) is 13.2 Å². The average molecular weight is 203 g/mol. The van der Waals surface area contributed by atoms with Crippen molar-refractivity contribution in [1.82, 2.24) is 0 Å². The molecule has 0 heterocycles. The topological polar surface area (TPSA) is 27.7 Å². The van der Waals surface area contributed by atoms with Gasteiger partial charge in [0.25, 0.3) is 0 Å². The number of hydrogen-bond donors (Lipinski definition) is 0. The van der Waals surface area contributed by atoms with E-state index >= 15 is 0 Å². The smallest absolute Gasteiger partial charge is 0.0785 e. The summed E-state index contributed by atoms with van der Waals surface area (Å²) in [6.45, 7) is 13.6. The van der Waals surface area contributed by atoms with Crippen molar-refractivity contribution in [3.63, 3.8) is 0 Å². The maximum atomic E-state index is 5.62. The lowest BCUT2D eigenvalue weighted by Crippen LogP contribution is -2.26. The Morgan fingerprint density at radius 3 is 2.14 bits per heavy atom. The Morgan fingerprint density at radius 2 is 1.64 bits per heavy atom. The largest absolute Gasteiger partial charge is 0.379 e. The zero-order chi connectivity index (χ0) is 11.0. The highest BCUT2D eigenvalue weighted by atomic mass is 16.6. The van der Waals surface area contributed by atoms with Gasteiger partial charge in [-0.25, -0.2) is 0 Å². The fourth-order valence-electron chi connectivity index (χ4n) is 1.06. The first-order valence-electron chi connectivity index (χ1n) is 5.24. The Balaban J connectivity index is 3.44. The van der Waals surface area contributed by atoms with Gasteiger partial charge >= 0.3 is 0 Å². The Morgan fingerprint density at radius 1 is 1.07 bits per heavy atom. The van der Waals surface area contributed by atoms with Gasteiger partial charge in [0.05, 0.1) is 31.5 Å². The summed E-state index contributed by atoms with van der Waals surface area (Å²) in [5.41, 5.74) is 0. The second-order valence-corrected chi connectivity index (χ2v) is 3.56. The minimum absolute atomic E-state index is 0.0169. The van der Waals surface area contributed by atoms with Crippen molar-refractivity contribution in [3.05, 3.63) is 6.92 Å². The molecule has 0 rings (SSSR count). The number of ether oxygens (including phenoxy) is 3. The van der Waals surface area contributed by atoms with Crippen LogP contribution in [-0.2, 0) is 14.2 Å². The standard InChI is InChI=1S/C11H23O3/c1-6-12-7-10(4)14-11(5)8-13-9(2)3/h9-11H,2,6-8H2,1,3-5H3. The third-order valence-electron chi connectivity index (χ3n) is 1.64. The first-order valence-corrected chi connectivity index (χ1v) is 5.24. The molecule has 3 unspecified atom stereocenters. The predicted octanol–water partition coefficient (Wildman–Crippen LogP) is 2.06. The van der Waals surface area contributed by atoms with Crippen LogP contribution < -0.4 is 0 Å². The summed E-state index contributed by atoms with van der Waals surface area (Å²) in [7, 11) is 0.